The maximum absolute atomic E-state index is 12.6. The molecule has 1 fully saturated rings. The molecule has 25 heavy (non-hydrogen) atoms. The Bertz CT molecular complexity index is 725. The number of nitrogens with zero attached hydrogens (tertiary/aromatic N) is 1. The maximum atomic E-state index is 12.6. The van der Waals surface area contributed by atoms with Crippen molar-refractivity contribution in [2.45, 2.75) is 24.6 Å². The lowest BCUT2D eigenvalue weighted by Crippen LogP contribution is -2.36. The van der Waals surface area contributed by atoms with Gasteiger partial charge in [-0.1, -0.05) is 18.2 Å². The molecule has 0 aliphatic carbocycles. The van der Waals surface area contributed by atoms with Gasteiger partial charge in [0.05, 0.1) is 6.04 Å². The van der Waals surface area contributed by atoms with Crippen molar-refractivity contribution >= 4 is 28.0 Å². The average Bonchev–Trinajstić information content (AvgIpc) is 3.29. The van der Waals surface area contributed by atoms with Crippen LogP contribution in [0.4, 0.5) is 0 Å². The van der Waals surface area contributed by atoms with Gasteiger partial charge in [0.1, 0.15) is 0 Å². The second kappa shape index (κ2) is 8.74. The van der Waals surface area contributed by atoms with Gasteiger partial charge in [0.15, 0.2) is 0 Å². The van der Waals surface area contributed by atoms with Gasteiger partial charge in [-0.05, 0) is 55.1 Å². The minimum atomic E-state index is -0.908. The highest BCUT2D eigenvalue weighted by atomic mass is 32.2. The smallest absolute Gasteiger partial charge is 0.251 e. The summed E-state index contributed by atoms with van der Waals surface area (Å²) >= 11 is 1.75. The van der Waals surface area contributed by atoms with Crippen molar-refractivity contribution in [1.82, 2.24) is 10.2 Å². The number of hydrogen-bond donors (Lipinski definition) is 1. The van der Waals surface area contributed by atoms with E-state index in [1.165, 1.54) is 17.7 Å². The molecule has 134 valence electrons. The molecule has 1 aromatic heterocycles. The highest BCUT2D eigenvalue weighted by Crippen LogP contribution is 2.27. The van der Waals surface area contributed by atoms with Crippen molar-refractivity contribution in [2.24, 2.45) is 0 Å². The first kappa shape index (κ1) is 18.3. The van der Waals surface area contributed by atoms with Crippen LogP contribution in [0.5, 0.6) is 0 Å². The minimum Gasteiger partial charge on any atom is -0.350 e. The summed E-state index contributed by atoms with van der Waals surface area (Å²) in [6.07, 6.45) is 4.13. The molecule has 1 amide bonds. The molecule has 1 aromatic carbocycles. The first-order chi connectivity index (χ1) is 12.1. The number of likely N-dealkylation sites (tertiary alicyclic amines) is 1. The van der Waals surface area contributed by atoms with Crippen LogP contribution in [-0.2, 0) is 16.6 Å². The predicted molar refractivity (Wildman–Crippen MR) is 104 cm³/mol. The summed E-state index contributed by atoms with van der Waals surface area (Å²) in [7, 11) is -0.908. The van der Waals surface area contributed by atoms with Crippen molar-refractivity contribution in [1.29, 1.82) is 0 Å². The van der Waals surface area contributed by atoms with Crippen LogP contribution in [0.3, 0.4) is 0 Å². The van der Waals surface area contributed by atoms with E-state index in [4.69, 9.17) is 0 Å². The zero-order chi connectivity index (χ0) is 17.6. The second-order valence-electron chi connectivity index (χ2n) is 6.40. The normalized spacial score (nSPS) is 17.3. The third kappa shape index (κ3) is 5.00. The molecule has 2 unspecified atom stereocenters. The Morgan fingerprint density at radius 2 is 2.08 bits per heavy atom. The van der Waals surface area contributed by atoms with Gasteiger partial charge in [-0.25, -0.2) is 0 Å². The monoisotopic (exact) mass is 376 g/mol. The fourth-order valence-corrected chi connectivity index (χ4v) is 4.78. The molecule has 1 N–H and O–H groups in total. The Hall–Kier alpha value is -1.50. The van der Waals surface area contributed by atoms with Gasteiger partial charge in [0.2, 0.25) is 0 Å². The standard InChI is InChI=1S/C19H24N2O2S2/c1-25(23)14-15-6-4-7-16(12-15)19(22)20-13-17(18-8-5-11-24-18)21-9-2-3-10-21/h4-8,11-12,17H,2-3,9-10,13-14H2,1H3,(H,20,22). The molecule has 1 aliphatic rings. The molecule has 3 rings (SSSR count). The molecule has 0 saturated carbocycles. The molecule has 0 bridgehead atoms. The van der Waals surface area contributed by atoms with Crippen LogP contribution in [0, 0.1) is 0 Å². The first-order valence-electron chi connectivity index (χ1n) is 8.58. The number of benzene rings is 1. The Labute approximate surface area is 155 Å². The highest BCUT2D eigenvalue weighted by Gasteiger charge is 2.24. The number of carbonyl (C=O) groups excluding carboxylic acids is 1. The van der Waals surface area contributed by atoms with Gasteiger partial charge in [-0.2, -0.15) is 0 Å². The summed E-state index contributed by atoms with van der Waals surface area (Å²) in [4.78, 5) is 16.3. The molecule has 1 saturated heterocycles. The average molecular weight is 377 g/mol. The minimum absolute atomic E-state index is 0.0653. The number of nitrogens with one attached hydrogen (secondary N) is 1. The summed E-state index contributed by atoms with van der Waals surface area (Å²) in [5.74, 6) is 0.414. The van der Waals surface area contributed by atoms with Crippen molar-refractivity contribution in [3.63, 3.8) is 0 Å². The fraction of sp³-hybridized carbons (Fsp3) is 0.421. The van der Waals surface area contributed by atoms with Crippen molar-refractivity contribution < 1.29 is 9.00 Å². The van der Waals surface area contributed by atoms with E-state index in [9.17, 15) is 9.00 Å². The summed E-state index contributed by atoms with van der Waals surface area (Å²) < 4.78 is 11.4. The van der Waals surface area contributed by atoms with Gasteiger partial charge in [0.25, 0.3) is 5.91 Å². The van der Waals surface area contributed by atoms with Crippen LogP contribution >= 0.6 is 11.3 Å². The Kier molecular flexibility index (Phi) is 6.39. The molecule has 4 nitrogen and oxygen atoms in total. The molecule has 1 aliphatic heterocycles. The number of amides is 1. The number of thiophene rings is 1. The van der Waals surface area contributed by atoms with E-state index >= 15 is 0 Å². The Morgan fingerprint density at radius 1 is 1.28 bits per heavy atom. The van der Waals surface area contributed by atoms with Crippen LogP contribution in [0.2, 0.25) is 0 Å². The van der Waals surface area contributed by atoms with Gasteiger partial charge < -0.3 is 5.32 Å². The number of carbonyl (C=O) groups is 1. The van der Waals surface area contributed by atoms with E-state index in [1.54, 1.807) is 17.6 Å². The van der Waals surface area contributed by atoms with E-state index in [1.807, 2.05) is 24.3 Å². The molecule has 2 heterocycles. The Balaban J connectivity index is 1.66. The van der Waals surface area contributed by atoms with Crippen LogP contribution in [0.1, 0.15) is 39.7 Å². The first-order valence-corrected chi connectivity index (χ1v) is 11.2. The lowest BCUT2D eigenvalue weighted by atomic mass is 10.1. The third-order valence-electron chi connectivity index (χ3n) is 4.47. The quantitative estimate of drug-likeness (QED) is 0.807. The fourth-order valence-electron chi connectivity index (χ4n) is 3.27. The summed E-state index contributed by atoms with van der Waals surface area (Å²) in [5, 5.41) is 5.19. The largest absolute Gasteiger partial charge is 0.350 e. The van der Waals surface area contributed by atoms with Crippen LogP contribution in [-0.4, -0.2) is 40.9 Å². The van der Waals surface area contributed by atoms with E-state index in [-0.39, 0.29) is 11.9 Å². The highest BCUT2D eigenvalue weighted by molar-refractivity contribution is 7.83. The maximum Gasteiger partial charge on any atom is 0.251 e. The van der Waals surface area contributed by atoms with Gasteiger partial charge in [0, 0.05) is 39.8 Å². The second-order valence-corrected chi connectivity index (χ2v) is 8.82. The molecule has 6 heteroatoms. The van der Waals surface area contributed by atoms with Gasteiger partial charge in [-0.15, -0.1) is 11.3 Å². The molecule has 2 aromatic rings. The van der Waals surface area contributed by atoms with Crippen LogP contribution in [0.15, 0.2) is 41.8 Å². The SMILES string of the molecule is CS(=O)Cc1cccc(C(=O)NCC(c2cccs2)N2CCCC2)c1. The predicted octanol–water partition coefficient (Wildman–Crippen LogP) is 3.19. The molecule has 2 atom stereocenters. The topological polar surface area (TPSA) is 49.4 Å². The van der Waals surface area contributed by atoms with E-state index in [0.717, 1.165) is 18.7 Å². The van der Waals surface area contributed by atoms with E-state index in [2.05, 4.69) is 27.7 Å². The van der Waals surface area contributed by atoms with Gasteiger partial charge in [-0.3, -0.25) is 13.9 Å². The molecular formula is C19H24N2O2S2. The molecule has 0 radical (unpaired) electrons. The van der Waals surface area contributed by atoms with Crippen molar-refractivity contribution in [3.05, 3.63) is 57.8 Å². The van der Waals surface area contributed by atoms with Gasteiger partial charge >= 0.3 is 0 Å². The van der Waals surface area contributed by atoms with Crippen molar-refractivity contribution in [3.8, 4) is 0 Å². The van der Waals surface area contributed by atoms with Crippen LogP contribution in [0.25, 0.3) is 0 Å². The molecule has 0 spiro atoms. The zero-order valence-electron chi connectivity index (χ0n) is 14.4. The zero-order valence-corrected chi connectivity index (χ0v) is 16.1. The summed E-state index contributed by atoms with van der Waals surface area (Å²) in [6, 6.07) is 11.9. The number of rotatable bonds is 7. The summed E-state index contributed by atoms with van der Waals surface area (Å²) in [6.45, 7) is 2.80. The lowest BCUT2D eigenvalue weighted by molar-refractivity contribution is 0.0938. The third-order valence-corrected chi connectivity index (χ3v) is 6.18. The lowest BCUT2D eigenvalue weighted by Gasteiger charge is -2.27. The van der Waals surface area contributed by atoms with E-state index < -0.39 is 10.8 Å². The molecular weight excluding hydrogens is 352 g/mol. The summed E-state index contributed by atoms with van der Waals surface area (Å²) in [5.41, 5.74) is 1.57. The Morgan fingerprint density at radius 3 is 2.76 bits per heavy atom. The van der Waals surface area contributed by atoms with E-state index in [0.29, 0.717) is 17.9 Å². The number of hydrogen-bond acceptors (Lipinski definition) is 4. The van der Waals surface area contributed by atoms with Crippen LogP contribution < -0.4 is 5.32 Å². The van der Waals surface area contributed by atoms with Crippen molar-refractivity contribution in [2.75, 3.05) is 25.9 Å².